The highest BCUT2D eigenvalue weighted by Gasteiger charge is 2.51. The fourth-order valence-corrected chi connectivity index (χ4v) is 6.10. The molecule has 1 aromatic carbocycles. The van der Waals surface area contributed by atoms with Crippen LogP contribution in [0.15, 0.2) is 24.3 Å². The summed E-state index contributed by atoms with van der Waals surface area (Å²) in [5.41, 5.74) is 0.718. The van der Waals surface area contributed by atoms with Gasteiger partial charge in [-0.15, -0.1) is 0 Å². The predicted molar refractivity (Wildman–Crippen MR) is 125 cm³/mol. The lowest BCUT2D eigenvalue weighted by Crippen LogP contribution is -2.67. The summed E-state index contributed by atoms with van der Waals surface area (Å²) in [5, 5.41) is 4.32. The minimum Gasteiger partial charge on any atom is -0.497 e. The van der Waals surface area contributed by atoms with E-state index in [1.165, 1.54) is 0 Å². The quantitative estimate of drug-likeness (QED) is 0.766. The fourth-order valence-electron chi connectivity index (χ4n) is 6.10. The van der Waals surface area contributed by atoms with Gasteiger partial charge in [-0.1, -0.05) is 19.8 Å². The van der Waals surface area contributed by atoms with Crippen LogP contribution in [0.4, 0.5) is 0 Å². The highest BCUT2D eigenvalue weighted by molar-refractivity contribution is 6.04. The van der Waals surface area contributed by atoms with E-state index in [2.05, 4.69) is 12.2 Å². The van der Waals surface area contributed by atoms with Gasteiger partial charge in [-0.2, -0.15) is 0 Å². The normalized spacial score (nSPS) is 28.7. The van der Waals surface area contributed by atoms with E-state index in [1.807, 2.05) is 40.7 Å². The van der Waals surface area contributed by atoms with E-state index in [4.69, 9.17) is 4.74 Å². The van der Waals surface area contributed by atoms with Gasteiger partial charge in [0.15, 0.2) is 0 Å². The second-order valence-corrected chi connectivity index (χ2v) is 10.4. The summed E-state index contributed by atoms with van der Waals surface area (Å²) < 4.78 is 7.47. The van der Waals surface area contributed by atoms with Crippen LogP contribution in [0.5, 0.6) is 5.75 Å². The van der Waals surface area contributed by atoms with Gasteiger partial charge in [0.05, 0.1) is 19.2 Å². The van der Waals surface area contributed by atoms with Gasteiger partial charge in [-0.3, -0.25) is 9.59 Å². The number of fused-ring (bicyclic) bond motifs is 3. The molecule has 2 aromatic rings. The Kier molecular flexibility index (Phi) is 5.42. The molecule has 6 heteroatoms. The molecule has 2 amide bonds. The molecule has 1 aliphatic heterocycles. The number of hydrogen-bond donors (Lipinski definition) is 1. The number of nitrogens with one attached hydrogen (secondary N) is 1. The number of benzene rings is 1. The summed E-state index contributed by atoms with van der Waals surface area (Å²) in [5.74, 6) is 1.41. The highest BCUT2D eigenvalue weighted by Crippen LogP contribution is 2.39. The van der Waals surface area contributed by atoms with E-state index in [-0.39, 0.29) is 23.9 Å². The molecule has 2 fully saturated rings. The van der Waals surface area contributed by atoms with E-state index in [0.29, 0.717) is 18.2 Å². The Labute approximate surface area is 190 Å². The molecular weight excluding hydrogens is 402 g/mol. The smallest absolute Gasteiger partial charge is 0.271 e. The maximum atomic E-state index is 14.0. The number of amides is 2. The van der Waals surface area contributed by atoms with E-state index in [0.717, 1.165) is 68.0 Å². The largest absolute Gasteiger partial charge is 0.497 e. The van der Waals surface area contributed by atoms with Crippen LogP contribution < -0.4 is 10.1 Å². The molecule has 172 valence electrons. The maximum Gasteiger partial charge on any atom is 0.271 e. The van der Waals surface area contributed by atoms with Crippen LogP contribution in [0.2, 0.25) is 0 Å². The number of carbonyl (C=O) groups is 2. The number of ether oxygens (including phenoxy) is 1. The van der Waals surface area contributed by atoms with Gasteiger partial charge in [0.2, 0.25) is 5.91 Å². The molecule has 2 saturated carbocycles. The monoisotopic (exact) mass is 437 g/mol. The Morgan fingerprint density at radius 2 is 1.81 bits per heavy atom. The highest BCUT2D eigenvalue weighted by atomic mass is 16.5. The Morgan fingerprint density at radius 3 is 2.50 bits per heavy atom. The zero-order valence-corrected chi connectivity index (χ0v) is 19.5. The minimum atomic E-state index is -0.910. The molecule has 0 spiro atoms. The van der Waals surface area contributed by atoms with Gasteiger partial charge in [-0.05, 0) is 69.6 Å². The molecule has 3 aliphatic rings. The van der Waals surface area contributed by atoms with Crippen LogP contribution in [0.1, 0.15) is 75.7 Å². The van der Waals surface area contributed by atoms with E-state index < -0.39 is 5.54 Å². The van der Waals surface area contributed by atoms with E-state index in [1.54, 1.807) is 7.11 Å². The van der Waals surface area contributed by atoms with Crippen LogP contribution in [-0.4, -0.2) is 46.0 Å². The molecule has 32 heavy (non-hydrogen) atoms. The SMILES string of the molecule is COc1ccc2cc3n(c2c1)C[C@](C)(C(=O)NC1CCCC1)N(C1CCC(C)CC1)C3=O. The molecule has 6 nitrogen and oxygen atoms in total. The van der Waals surface area contributed by atoms with Crippen LogP contribution in [-0.2, 0) is 11.3 Å². The summed E-state index contributed by atoms with van der Waals surface area (Å²) in [6.07, 6.45) is 8.54. The number of methoxy groups -OCH3 is 1. The van der Waals surface area contributed by atoms with Crippen LogP contribution in [0, 0.1) is 5.92 Å². The first-order valence-corrected chi connectivity index (χ1v) is 12.2. The average molecular weight is 438 g/mol. The number of aromatic nitrogens is 1. The van der Waals surface area contributed by atoms with Crippen molar-refractivity contribution in [3.05, 3.63) is 30.0 Å². The molecule has 1 atom stereocenters. The summed E-state index contributed by atoms with van der Waals surface area (Å²) in [6, 6.07) is 8.20. The summed E-state index contributed by atoms with van der Waals surface area (Å²) in [4.78, 5) is 29.7. The number of carbonyl (C=O) groups excluding carboxylic acids is 2. The van der Waals surface area contributed by atoms with Gasteiger partial charge in [0.1, 0.15) is 17.0 Å². The van der Waals surface area contributed by atoms with E-state index in [9.17, 15) is 9.59 Å². The van der Waals surface area contributed by atoms with Gasteiger partial charge < -0.3 is 19.5 Å². The first kappa shape index (κ1) is 21.4. The van der Waals surface area contributed by atoms with Crippen molar-refractivity contribution < 1.29 is 14.3 Å². The van der Waals surface area contributed by atoms with Crippen LogP contribution in [0.25, 0.3) is 10.9 Å². The van der Waals surface area contributed by atoms with Crippen LogP contribution >= 0.6 is 0 Å². The molecule has 1 N–H and O–H groups in total. The van der Waals surface area contributed by atoms with Crippen molar-refractivity contribution in [2.24, 2.45) is 5.92 Å². The average Bonchev–Trinajstić information content (AvgIpc) is 3.42. The predicted octanol–water partition coefficient (Wildman–Crippen LogP) is 4.50. The van der Waals surface area contributed by atoms with Crippen molar-refractivity contribution in [1.82, 2.24) is 14.8 Å². The molecule has 0 saturated heterocycles. The van der Waals surface area contributed by atoms with Crippen molar-refractivity contribution in [2.45, 2.75) is 89.4 Å². The second-order valence-electron chi connectivity index (χ2n) is 10.4. The zero-order valence-electron chi connectivity index (χ0n) is 19.5. The Morgan fingerprint density at radius 1 is 1.09 bits per heavy atom. The maximum absolute atomic E-state index is 14.0. The lowest BCUT2D eigenvalue weighted by atomic mass is 9.82. The number of nitrogens with zero attached hydrogens (tertiary/aromatic N) is 2. The van der Waals surface area contributed by atoms with Crippen molar-refractivity contribution in [2.75, 3.05) is 7.11 Å². The number of rotatable bonds is 4. The Balaban J connectivity index is 1.57. The van der Waals surface area contributed by atoms with E-state index >= 15 is 0 Å². The zero-order chi connectivity index (χ0) is 22.5. The summed E-state index contributed by atoms with van der Waals surface area (Å²) >= 11 is 0. The molecule has 2 aliphatic carbocycles. The van der Waals surface area contributed by atoms with Gasteiger partial charge in [-0.25, -0.2) is 0 Å². The first-order valence-electron chi connectivity index (χ1n) is 12.2. The third kappa shape index (κ3) is 3.48. The Bertz CT molecular complexity index is 1030. The van der Waals surface area contributed by atoms with Crippen molar-refractivity contribution >= 4 is 22.7 Å². The fraction of sp³-hybridized carbons (Fsp3) is 0.615. The first-order chi connectivity index (χ1) is 15.4. The molecule has 5 rings (SSSR count). The lowest BCUT2D eigenvalue weighted by Gasteiger charge is -2.49. The molecule has 0 bridgehead atoms. The van der Waals surface area contributed by atoms with Crippen molar-refractivity contribution in [3.8, 4) is 5.75 Å². The summed E-state index contributed by atoms with van der Waals surface area (Å²) in [6.45, 7) is 4.73. The minimum absolute atomic E-state index is 0.00762. The molecule has 1 aromatic heterocycles. The number of hydrogen-bond acceptors (Lipinski definition) is 3. The molecular formula is C26H35N3O3. The van der Waals surface area contributed by atoms with Crippen molar-refractivity contribution in [3.63, 3.8) is 0 Å². The molecule has 2 heterocycles. The lowest BCUT2D eigenvalue weighted by molar-refractivity contribution is -0.135. The standard InChI is InChI=1S/C26H35N3O3/c1-17-8-11-20(12-9-17)29-24(30)23-14-18-10-13-21(32-3)15-22(18)28(23)16-26(29,2)25(31)27-19-6-4-5-7-19/h10,13-15,17,19-20H,4-9,11-12,16H2,1-3H3,(H,27,31)/t17?,20?,26-/m1/s1. The van der Waals surface area contributed by atoms with Gasteiger partial charge >= 0.3 is 0 Å². The third-order valence-electron chi connectivity index (χ3n) is 8.08. The Hall–Kier alpha value is -2.50. The molecule has 0 unspecified atom stereocenters. The molecule has 0 radical (unpaired) electrons. The second kappa shape index (κ2) is 8.13. The van der Waals surface area contributed by atoms with Crippen molar-refractivity contribution in [1.29, 1.82) is 0 Å². The van der Waals surface area contributed by atoms with Gasteiger partial charge in [0, 0.05) is 23.5 Å². The third-order valence-corrected chi connectivity index (χ3v) is 8.08. The summed E-state index contributed by atoms with van der Waals surface area (Å²) in [7, 11) is 1.65. The van der Waals surface area contributed by atoms with Gasteiger partial charge in [0.25, 0.3) is 5.91 Å². The van der Waals surface area contributed by atoms with Crippen LogP contribution in [0.3, 0.4) is 0 Å². The topological polar surface area (TPSA) is 63.6 Å².